The molecule has 3 heterocycles. The van der Waals surface area contributed by atoms with Crippen LogP contribution in [0.15, 0.2) is 24.3 Å². The number of benzene rings is 1. The number of carbonyl (C=O) groups excluding carboxylic acids is 2. The monoisotopic (exact) mass is 378 g/mol. The fraction of sp³-hybridized carbons (Fsp3) is 0.300. The highest BCUT2D eigenvalue weighted by molar-refractivity contribution is 6.04. The molecule has 8 heteroatoms. The van der Waals surface area contributed by atoms with E-state index in [4.69, 9.17) is 0 Å². The number of H-pyrrole nitrogens is 1. The number of aryl methyl sites for hydroxylation is 2. The normalized spacial score (nSPS) is 12.9. The number of anilines is 2. The first-order valence-corrected chi connectivity index (χ1v) is 9.13. The van der Waals surface area contributed by atoms with E-state index in [9.17, 15) is 9.59 Å². The Bertz CT molecular complexity index is 1090. The van der Waals surface area contributed by atoms with Crippen molar-refractivity contribution >= 4 is 23.2 Å². The minimum absolute atomic E-state index is 0.0292. The van der Waals surface area contributed by atoms with E-state index < -0.39 is 0 Å². The highest BCUT2D eigenvalue weighted by atomic mass is 16.2. The third-order valence-corrected chi connectivity index (χ3v) is 5.20. The molecule has 0 radical (unpaired) electrons. The van der Waals surface area contributed by atoms with Crippen LogP contribution in [0, 0.1) is 13.8 Å². The molecule has 2 amide bonds. The Morgan fingerprint density at radius 1 is 1.21 bits per heavy atom. The third kappa shape index (κ3) is 2.96. The summed E-state index contributed by atoms with van der Waals surface area (Å²) in [5.74, 6) is -0.235. The SMILES string of the molecule is CC(=O)N1CCc2cc(NC(=O)c3cc(-c4c(C)nn(C)c4C)n[nH]3)ccc21. The van der Waals surface area contributed by atoms with E-state index in [1.54, 1.807) is 22.6 Å². The number of carbonyl (C=O) groups is 2. The molecule has 2 aromatic heterocycles. The summed E-state index contributed by atoms with van der Waals surface area (Å²) < 4.78 is 1.80. The van der Waals surface area contributed by atoms with Gasteiger partial charge in [0, 0.05) is 43.1 Å². The van der Waals surface area contributed by atoms with Crippen molar-refractivity contribution in [1.82, 2.24) is 20.0 Å². The first-order valence-electron chi connectivity index (χ1n) is 9.13. The topological polar surface area (TPSA) is 95.9 Å². The summed E-state index contributed by atoms with van der Waals surface area (Å²) in [6.45, 7) is 6.13. The standard InChI is InChI=1S/C20H22N6O2/c1-11-19(12(2)25(4)24-11)16-10-17(23-22-16)20(28)21-15-5-6-18-14(9-15)7-8-26(18)13(3)27/h5-6,9-10H,7-8H2,1-4H3,(H,21,28)(H,22,23). The van der Waals surface area contributed by atoms with Crippen LogP contribution >= 0.6 is 0 Å². The Kier molecular flexibility index (Phi) is 4.26. The lowest BCUT2D eigenvalue weighted by atomic mass is 10.1. The van der Waals surface area contributed by atoms with Gasteiger partial charge in [-0.25, -0.2) is 0 Å². The van der Waals surface area contributed by atoms with Crippen molar-refractivity contribution in [3.8, 4) is 11.3 Å². The van der Waals surface area contributed by atoms with E-state index in [0.717, 1.165) is 34.6 Å². The van der Waals surface area contributed by atoms with Crippen molar-refractivity contribution in [2.75, 3.05) is 16.8 Å². The van der Waals surface area contributed by atoms with Gasteiger partial charge in [0.25, 0.3) is 5.91 Å². The lowest BCUT2D eigenvalue weighted by molar-refractivity contribution is -0.116. The second-order valence-electron chi connectivity index (χ2n) is 7.05. The summed E-state index contributed by atoms with van der Waals surface area (Å²) >= 11 is 0. The number of aromatic nitrogens is 4. The number of amides is 2. The van der Waals surface area contributed by atoms with Gasteiger partial charge in [-0.2, -0.15) is 10.2 Å². The molecule has 1 aliphatic rings. The van der Waals surface area contributed by atoms with Crippen LogP contribution in [0.1, 0.15) is 34.4 Å². The van der Waals surface area contributed by atoms with Crippen LogP contribution in [0.2, 0.25) is 0 Å². The van der Waals surface area contributed by atoms with E-state index >= 15 is 0 Å². The quantitative estimate of drug-likeness (QED) is 0.732. The van der Waals surface area contributed by atoms with Gasteiger partial charge in [0.05, 0.1) is 11.4 Å². The van der Waals surface area contributed by atoms with E-state index in [1.165, 1.54) is 0 Å². The maximum absolute atomic E-state index is 12.6. The Balaban J connectivity index is 1.54. The van der Waals surface area contributed by atoms with Gasteiger partial charge in [-0.05, 0) is 50.1 Å². The van der Waals surface area contributed by atoms with Gasteiger partial charge in [0.15, 0.2) is 0 Å². The Hall–Kier alpha value is -3.42. The van der Waals surface area contributed by atoms with Crippen molar-refractivity contribution in [2.45, 2.75) is 27.2 Å². The predicted octanol–water partition coefficient (Wildman–Crippen LogP) is 2.59. The van der Waals surface area contributed by atoms with Gasteiger partial charge in [-0.1, -0.05) is 0 Å². The Morgan fingerprint density at radius 3 is 2.68 bits per heavy atom. The fourth-order valence-electron chi connectivity index (χ4n) is 3.72. The van der Waals surface area contributed by atoms with Gasteiger partial charge in [0.2, 0.25) is 5.91 Å². The summed E-state index contributed by atoms with van der Waals surface area (Å²) in [6, 6.07) is 7.34. The number of hydrogen-bond donors (Lipinski definition) is 2. The molecule has 8 nitrogen and oxygen atoms in total. The van der Waals surface area contributed by atoms with Crippen LogP contribution in [0.3, 0.4) is 0 Å². The molecule has 3 aromatic rings. The lowest BCUT2D eigenvalue weighted by Crippen LogP contribution is -2.25. The predicted molar refractivity (Wildman–Crippen MR) is 106 cm³/mol. The average Bonchev–Trinajstić information content (AvgIpc) is 3.33. The number of hydrogen-bond acceptors (Lipinski definition) is 4. The van der Waals surface area contributed by atoms with Crippen molar-refractivity contribution in [3.63, 3.8) is 0 Å². The summed E-state index contributed by atoms with van der Waals surface area (Å²) in [6.07, 6.45) is 0.784. The number of fused-ring (bicyclic) bond motifs is 1. The highest BCUT2D eigenvalue weighted by Gasteiger charge is 2.23. The largest absolute Gasteiger partial charge is 0.321 e. The summed E-state index contributed by atoms with van der Waals surface area (Å²) in [5, 5.41) is 14.4. The average molecular weight is 378 g/mol. The maximum atomic E-state index is 12.6. The smallest absolute Gasteiger partial charge is 0.273 e. The summed E-state index contributed by atoms with van der Waals surface area (Å²) in [7, 11) is 1.88. The van der Waals surface area contributed by atoms with E-state index in [1.807, 2.05) is 39.1 Å². The molecule has 4 rings (SSSR count). The number of rotatable bonds is 3. The minimum atomic E-state index is -0.265. The second-order valence-corrected chi connectivity index (χ2v) is 7.05. The van der Waals surface area contributed by atoms with Gasteiger partial charge < -0.3 is 10.2 Å². The Morgan fingerprint density at radius 2 is 2.00 bits per heavy atom. The van der Waals surface area contributed by atoms with Crippen LogP contribution < -0.4 is 10.2 Å². The molecule has 0 saturated heterocycles. The van der Waals surface area contributed by atoms with Crippen molar-refractivity contribution < 1.29 is 9.59 Å². The minimum Gasteiger partial charge on any atom is -0.321 e. The molecule has 1 aliphatic heterocycles. The van der Waals surface area contributed by atoms with Gasteiger partial charge in [-0.3, -0.25) is 19.4 Å². The first-order chi connectivity index (χ1) is 13.3. The lowest BCUT2D eigenvalue weighted by Gasteiger charge is -2.15. The van der Waals surface area contributed by atoms with Gasteiger partial charge in [0.1, 0.15) is 5.69 Å². The molecule has 0 saturated carbocycles. The molecule has 0 aliphatic carbocycles. The summed E-state index contributed by atoms with van der Waals surface area (Å²) in [4.78, 5) is 26.1. The molecule has 2 N–H and O–H groups in total. The third-order valence-electron chi connectivity index (χ3n) is 5.20. The zero-order valence-electron chi connectivity index (χ0n) is 16.3. The number of nitrogens with one attached hydrogen (secondary N) is 2. The van der Waals surface area contributed by atoms with Gasteiger partial charge >= 0.3 is 0 Å². The van der Waals surface area contributed by atoms with Crippen molar-refractivity contribution in [3.05, 3.63) is 46.9 Å². The van der Waals surface area contributed by atoms with E-state index in [-0.39, 0.29) is 11.8 Å². The van der Waals surface area contributed by atoms with Crippen LogP contribution in [-0.2, 0) is 18.3 Å². The Labute approximate surface area is 162 Å². The summed E-state index contributed by atoms with van der Waals surface area (Å²) in [5.41, 5.74) is 6.52. The van der Waals surface area contributed by atoms with Gasteiger partial charge in [-0.15, -0.1) is 0 Å². The number of aromatic amines is 1. The molecule has 0 bridgehead atoms. The molecular weight excluding hydrogens is 356 g/mol. The van der Waals surface area contributed by atoms with Crippen LogP contribution in [-0.4, -0.2) is 38.3 Å². The zero-order valence-corrected chi connectivity index (χ0v) is 16.3. The zero-order chi connectivity index (χ0) is 20.0. The van der Waals surface area contributed by atoms with Crippen molar-refractivity contribution in [2.24, 2.45) is 7.05 Å². The van der Waals surface area contributed by atoms with Crippen LogP contribution in [0.25, 0.3) is 11.3 Å². The van der Waals surface area contributed by atoms with Crippen molar-refractivity contribution in [1.29, 1.82) is 0 Å². The van der Waals surface area contributed by atoms with E-state index in [2.05, 4.69) is 20.6 Å². The second kappa shape index (κ2) is 6.63. The molecule has 144 valence electrons. The molecule has 28 heavy (non-hydrogen) atoms. The van der Waals surface area contributed by atoms with Crippen LogP contribution in [0.4, 0.5) is 11.4 Å². The van der Waals surface area contributed by atoms with E-state index in [0.29, 0.717) is 23.6 Å². The molecule has 0 unspecified atom stereocenters. The first kappa shape index (κ1) is 18.0. The fourth-order valence-corrected chi connectivity index (χ4v) is 3.72. The molecule has 0 spiro atoms. The highest BCUT2D eigenvalue weighted by Crippen LogP contribution is 2.31. The molecular formula is C20H22N6O2. The maximum Gasteiger partial charge on any atom is 0.273 e. The molecule has 0 fully saturated rings. The number of nitrogens with zero attached hydrogens (tertiary/aromatic N) is 4. The molecule has 0 atom stereocenters. The van der Waals surface area contributed by atoms with Crippen LogP contribution in [0.5, 0.6) is 0 Å². The molecule has 1 aromatic carbocycles.